The Kier molecular flexibility index (Phi) is 5.78. The van der Waals surface area contributed by atoms with Gasteiger partial charge in [-0.05, 0) is 30.2 Å². The minimum atomic E-state index is -0.454. The Balaban J connectivity index is 3.26. The van der Waals surface area contributed by atoms with Gasteiger partial charge in [-0.15, -0.1) is 0 Å². The number of hydrogen-bond donors (Lipinski definition) is 0. The largest absolute Gasteiger partial charge is 0.493 e. The molecule has 0 unspecified atom stereocenters. The molecule has 1 aromatic rings. The molecule has 1 aromatic carbocycles. The smallest absolute Gasteiger partial charge is 0.243 e. The first-order valence-corrected chi connectivity index (χ1v) is 6.25. The molecule has 0 bridgehead atoms. The number of allylic oxidation sites excluding steroid dienone is 1. The van der Waals surface area contributed by atoms with Crippen LogP contribution >= 0.6 is 0 Å². The molecule has 0 aromatic heterocycles. The molecule has 0 fully saturated rings. The summed E-state index contributed by atoms with van der Waals surface area (Å²) in [5.74, 6) is 1.33. The molecule has 6 nitrogen and oxygen atoms in total. The van der Waals surface area contributed by atoms with Gasteiger partial charge in [-0.2, -0.15) is 0 Å². The SMILES string of the molecule is C=C(C)COc1c(OC)cc(C=C(C)[N+](=O)[O-])cc1OC. The van der Waals surface area contributed by atoms with E-state index in [0.717, 1.165) is 5.57 Å². The molecule has 0 heterocycles. The highest BCUT2D eigenvalue weighted by atomic mass is 16.6. The minimum absolute atomic E-state index is 0.0229. The van der Waals surface area contributed by atoms with Crippen molar-refractivity contribution in [3.8, 4) is 17.2 Å². The Morgan fingerprint density at radius 1 is 1.29 bits per heavy atom. The minimum Gasteiger partial charge on any atom is -0.493 e. The number of hydrogen-bond acceptors (Lipinski definition) is 5. The van der Waals surface area contributed by atoms with Crippen molar-refractivity contribution in [2.45, 2.75) is 13.8 Å². The maximum absolute atomic E-state index is 10.7. The van der Waals surface area contributed by atoms with Crippen LogP contribution in [0.2, 0.25) is 0 Å². The molecule has 0 aliphatic carbocycles. The number of ether oxygens (including phenoxy) is 3. The molecule has 0 amide bonds. The fourth-order valence-electron chi connectivity index (χ4n) is 1.62. The molecule has 6 heteroatoms. The topological polar surface area (TPSA) is 70.8 Å². The third-order valence-corrected chi connectivity index (χ3v) is 2.61. The van der Waals surface area contributed by atoms with Crippen molar-refractivity contribution in [1.29, 1.82) is 0 Å². The van der Waals surface area contributed by atoms with E-state index in [1.165, 1.54) is 27.2 Å². The van der Waals surface area contributed by atoms with Crippen LogP contribution in [-0.4, -0.2) is 25.7 Å². The van der Waals surface area contributed by atoms with Crippen molar-refractivity contribution in [3.63, 3.8) is 0 Å². The van der Waals surface area contributed by atoms with Gasteiger partial charge in [0.2, 0.25) is 11.4 Å². The molecule has 0 spiro atoms. The van der Waals surface area contributed by atoms with Crippen LogP contribution < -0.4 is 14.2 Å². The zero-order valence-electron chi connectivity index (χ0n) is 12.6. The van der Waals surface area contributed by atoms with E-state index in [4.69, 9.17) is 14.2 Å². The molecule has 0 saturated carbocycles. The molecule has 0 saturated heterocycles. The Labute approximate surface area is 123 Å². The maximum Gasteiger partial charge on any atom is 0.243 e. The molecule has 21 heavy (non-hydrogen) atoms. The van der Waals surface area contributed by atoms with Gasteiger partial charge in [-0.3, -0.25) is 10.1 Å². The van der Waals surface area contributed by atoms with E-state index in [9.17, 15) is 10.1 Å². The van der Waals surface area contributed by atoms with Crippen LogP contribution in [-0.2, 0) is 0 Å². The van der Waals surface area contributed by atoms with E-state index < -0.39 is 4.92 Å². The van der Waals surface area contributed by atoms with Crippen molar-refractivity contribution in [2.24, 2.45) is 0 Å². The molecule has 0 aliphatic heterocycles. The van der Waals surface area contributed by atoms with Gasteiger partial charge < -0.3 is 14.2 Å². The van der Waals surface area contributed by atoms with Crippen LogP contribution in [0.1, 0.15) is 19.4 Å². The third kappa shape index (κ3) is 4.52. The molecule has 0 radical (unpaired) electrons. The Hall–Kier alpha value is -2.50. The standard InChI is InChI=1S/C15H19NO5/c1-10(2)9-21-15-13(19-4)7-12(8-14(15)20-5)6-11(3)16(17)18/h6-8H,1,9H2,2-5H3. The predicted octanol–water partition coefficient (Wildman–Crippen LogP) is 3.30. The average molecular weight is 293 g/mol. The van der Waals surface area contributed by atoms with E-state index in [0.29, 0.717) is 29.4 Å². The van der Waals surface area contributed by atoms with Crippen molar-refractivity contribution in [2.75, 3.05) is 20.8 Å². The molecule has 0 atom stereocenters. The average Bonchev–Trinajstić information content (AvgIpc) is 2.44. The van der Waals surface area contributed by atoms with Gasteiger partial charge in [0, 0.05) is 13.0 Å². The Bertz CT molecular complexity index is 552. The molecule has 0 N–H and O–H groups in total. The summed E-state index contributed by atoms with van der Waals surface area (Å²) in [4.78, 5) is 10.2. The zero-order chi connectivity index (χ0) is 16.0. The number of nitro groups is 1. The quantitative estimate of drug-likeness (QED) is 0.438. The highest BCUT2D eigenvalue weighted by Gasteiger charge is 2.15. The lowest BCUT2D eigenvalue weighted by atomic mass is 10.1. The first kappa shape index (κ1) is 16.6. The number of methoxy groups -OCH3 is 2. The highest BCUT2D eigenvalue weighted by Crippen LogP contribution is 2.39. The number of nitrogens with zero attached hydrogens (tertiary/aromatic N) is 1. The van der Waals surface area contributed by atoms with Crippen LogP contribution in [0.3, 0.4) is 0 Å². The van der Waals surface area contributed by atoms with Crippen LogP contribution in [0.5, 0.6) is 17.2 Å². The van der Waals surface area contributed by atoms with Gasteiger partial charge in [0.1, 0.15) is 6.61 Å². The van der Waals surface area contributed by atoms with Crippen LogP contribution in [0.4, 0.5) is 0 Å². The van der Waals surface area contributed by atoms with Gasteiger partial charge in [-0.1, -0.05) is 6.58 Å². The lowest BCUT2D eigenvalue weighted by Crippen LogP contribution is -2.02. The number of benzene rings is 1. The third-order valence-electron chi connectivity index (χ3n) is 2.61. The summed E-state index contributed by atoms with van der Waals surface area (Å²) in [6.45, 7) is 7.36. The molecule has 114 valence electrons. The van der Waals surface area contributed by atoms with Crippen LogP contribution in [0.25, 0.3) is 6.08 Å². The summed E-state index contributed by atoms with van der Waals surface area (Å²) < 4.78 is 16.2. The van der Waals surface area contributed by atoms with Crippen LogP contribution in [0.15, 0.2) is 30.0 Å². The van der Waals surface area contributed by atoms with Gasteiger partial charge in [0.15, 0.2) is 11.5 Å². The summed E-state index contributed by atoms with van der Waals surface area (Å²) in [6.07, 6.45) is 1.44. The summed E-state index contributed by atoms with van der Waals surface area (Å²) >= 11 is 0. The second-order valence-electron chi connectivity index (χ2n) is 4.54. The zero-order valence-corrected chi connectivity index (χ0v) is 12.6. The Morgan fingerprint density at radius 2 is 1.81 bits per heavy atom. The molecule has 0 aliphatic rings. The van der Waals surface area contributed by atoms with Gasteiger partial charge in [-0.25, -0.2) is 0 Å². The van der Waals surface area contributed by atoms with Crippen molar-refractivity contribution >= 4 is 6.08 Å². The van der Waals surface area contributed by atoms with Crippen LogP contribution in [0, 0.1) is 10.1 Å². The molecular weight excluding hydrogens is 274 g/mol. The normalized spacial score (nSPS) is 11.0. The van der Waals surface area contributed by atoms with Gasteiger partial charge in [0.25, 0.3) is 0 Å². The maximum atomic E-state index is 10.7. The number of rotatable bonds is 7. The summed E-state index contributed by atoms with van der Waals surface area (Å²) in [6, 6.07) is 3.31. The van der Waals surface area contributed by atoms with E-state index in [2.05, 4.69) is 6.58 Å². The second-order valence-corrected chi connectivity index (χ2v) is 4.54. The van der Waals surface area contributed by atoms with E-state index in [1.807, 2.05) is 6.92 Å². The fourth-order valence-corrected chi connectivity index (χ4v) is 1.62. The van der Waals surface area contributed by atoms with E-state index in [1.54, 1.807) is 12.1 Å². The van der Waals surface area contributed by atoms with E-state index >= 15 is 0 Å². The molecule has 1 rings (SSSR count). The van der Waals surface area contributed by atoms with Gasteiger partial charge in [0.05, 0.1) is 19.1 Å². The first-order valence-electron chi connectivity index (χ1n) is 6.25. The summed E-state index contributed by atoms with van der Waals surface area (Å²) in [7, 11) is 2.99. The van der Waals surface area contributed by atoms with Crippen molar-refractivity contribution in [1.82, 2.24) is 0 Å². The Morgan fingerprint density at radius 3 is 2.19 bits per heavy atom. The van der Waals surface area contributed by atoms with Crippen molar-refractivity contribution in [3.05, 3.63) is 45.7 Å². The lowest BCUT2D eigenvalue weighted by molar-refractivity contribution is -0.422. The first-order chi connectivity index (χ1) is 9.88. The van der Waals surface area contributed by atoms with E-state index in [-0.39, 0.29) is 5.70 Å². The lowest BCUT2D eigenvalue weighted by Gasteiger charge is -2.15. The fraction of sp³-hybridized carbons (Fsp3) is 0.333. The predicted molar refractivity (Wildman–Crippen MR) is 80.5 cm³/mol. The summed E-state index contributed by atoms with van der Waals surface area (Å²) in [5.41, 5.74) is 1.47. The monoisotopic (exact) mass is 293 g/mol. The second kappa shape index (κ2) is 7.33. The van der Waals surface area contributed by atoms with Gasteiger partial charge >= 0.3 is 0 Å². The summed E-state index contributed by atoms with van der Waals surface area (Å²) in [5, 5.41) is 10.7. The molecular formula is C15H19NO5. The highest BCUT2D eigenvalue weighted by molar-refractivity contribution is 5.62. The van der Waals surface area contributed by atoms with Crippen molar-refractivity contribution < 1.29 is 19.1 Å².